The Balaban J connectivity index is 2.33. The van der Waals surface area contributed by atoms with Crippen LogP contribution in [-0.4, -0.2) is 18.5 Å². The predicted octanol–water partition coefficient (Wildman–Crippen LogP) is 1.25. The highest BCUT2D eigenvalue weighted by atomic mass is 32.2. The van der Waals surface area contributed by atoms with Crippen LogP contribution in [0, 0.1) is 11.3 Å². The zero-order valence-corrected chi connectivity index (χ0v) is 11.1. The largest absolute Gasteiger partial charge is 0.392 e. The average Bonchev–Trinajstić information content (AvgIpc) is 2.47. The maximum atomic E-state index is 12.2. The predicted molar refractivity (Wildman–Crippen MR) is 72.1 cm³/mol. The quantitative estimate of drug-likeness (QED) is 0.881. The van der Waals surface area contributed by atoms with Crippen molar-refractivity contribution in [2.45, 2.75) is 11.5 Å². The summed E-state index contributed by atoms with van der Waals surface area (Å²) in [6.07, 6.45) is 1.11. The highest BCUT2D eigenvalue weighted by Gasteiger charge is 2.16. The number of hydrogen-bond donors (Lipinski definition) is 2. The molecule has 1 aromatic heterocycles. The summed E-state index contributed by atoms with van der Waals surface area (Å²) < 4.78 is 26.7. The summed E-state index contributed by atoms with van der Waals surface area (Å²) in [7, 11) is -3.80. The Kier molecular flexibility index (Phi) is 3.98. The minimum atomic E-state index is -3.80. The van der Waals surface area contributed by atoms with Gasteiger partial charge >= 0.3 is 0 Å². The molecule has 20 heavy (non-hydrogen) atoms. The van der Waals surface area contributed by atoms with E-state index in [9.17, 15) is 13.5 Å². The maximum absolute atomic E-state index is 12.2. The van der Waals surface area contributed by atoms with Gasteiger partial charge in [-0.15, -0.1) is 0 Å². The second kappa shape index (κ2) is 5.69. The lowest BCUT2D eigenvalue weighted by Crippen LogP contribution is -2.14. The molecular weight excluding hydrogens is 278 g/mol. The van der Waals surface area contributed by atoms with Crippen LogP contribution in [0.25, 0.3) is 0 Å². The van der Waals surface area contributed by atoms with Gasteiger partial charge in [-0.1, -0.05) is 18.2 Å². The molecule has 0 atom stereocenters. The van der Waals surface area contributed by atoms with Crippen LogP contribution in [0.3, 0.4) is 0 Å². The van der Waals surface area contributed by atoms with Crippen LogP contribution in [0.1, 0.15) is 11.3 Å². The molecule has 0 radical (unpaired) electrons. The Labute approximate surface area is 116 Å². The molecule has 0 aliphatic rings. The number of nitriles is 1. The second-order valence-corrected chi connectivity index (χ2v) is 5.59. The minimum absolute atomic E-state index is 0.0516. The molecule has 0 spiro atoms. The van der Waals surface area contributed by atoms with Crippen molar-refractivity contribution in [1.29, 1.82) is 5.26 Å². The lowest BCUT2D eigenvalue weighted by molar-refractivity contribution is 0.282. The van der Waals surface area contributed by atoms with E-state index in [1.165, 1.54) is 12.1 Å². The highest BCUT2D eigenvalue weighted by Crippen LogP contribution is 2.19. The number of pyridine rings is 1. The molecule has 0 fully saturated rings. The standard InChI is InChI=1S/C13H11N3O3S/c14-7-11-5-6-12(8-15-11)20(18,19)16-13-4-2-1-3-10(13)9-17/h1-6,8,16-17H,9H2. The van der Waals surface area contributed by atoms with Crippen LogP contribution >= 0.6 is 0 Å². The maximum Gasteiger partial charge on any atom is 0.263 e. The number of hydrogen-bond acceptors (Lipinski definition) is 5. The molecular formula is C13H11N3O3S. The molecule has 0 unspecified atom stereocenters. The fraction of sp³-hybridized carbons (Fsp3) is 0.0769. The Morgan fingerprint density at radius 1 is 1.25 bits per heavy atom. The number of nitrogens with one attached hydrogen (secondary N) is 1. The molecule has 0 saturated heterocycles. The number of anilines is 1. The molecule has 102 valence electrons. The molecule has 0 amide bonds. The first-order valence-electron chi connectivity index (χ1n) is 5.64. The summed E-state index contributed by atoms with van der Waals surface area (Å²) >= 11 is 0. The van der Waals surface area contributed by atoms with Crippen molar-refractivity contribution >= 4 is 15.7 Å². The van der Waals surface area contributed by atoms with E-state index < -0.39 is 10.0 Å². The summed E-state index contributed by atoms with van der Waals surface area (Å²) in [5.41, 5.74) is 0.914. The number of nitrogens with zero attached hydrogens (tertiary/aromatic N) is 2. The third-order valence-electron chi connectivity index (χ3n) is 2.59. The van der Waals surface area contributed by atoms with Crippen LogP contribution in [0.2, 0.25) is 0 Å². The summed E-state index contributed by atoms with van der Waals surface area (Å²) in [5.74, 6) is 0. The van der Waals surface area contributed by atoms with Crippen LogP contribution in [-0.2, 0) is 16.6 Å². The Hall–Kier alpha value is -2.43. The van der Waals surface area contributed by atoms with Crippen LogP contribution < -0.4 is 4.72 Å². The first kappa shape index (κ1) is 14.0. The monoisotopic (exact) mass is 289 g/mol. The smallest absolute Gasteiger partial charge is 0.263 e. The van der Waals surface area contributed by atoms with E-state index in [2.05, 4.69) is 9.71 Å². The molecule has 2 N–H and O–H groups in total. The van der Waals surface area contributed by atoms with Crippen LogP contribution in [0.15, 0.2) is 47.5 Å². The molecule has 0 bridgehead atoms. The topological polar surface area (TPSA) is 103 Å². The van der Waals surface area contributed by atoms with Gasteiger partial charge in [0.05, 0.1) is 12.3 Å². The third kappa shape index (κ3) is 2.93. The summed E-state index contributed by atoms with van der Waals surface area (Å²) in [6.45, 7) is -0.273. The highest BCUT2D eigenvalue weighted by molar-refractivity contribution is 7.92. The van der Waals surface area contributed by atoms with Crippen molar-refractivity contribution in [3.63, 3.8) is 0 Å². The molecule has 0 saturated carbocycles. The molecule has 1 heterocycles. The SMILES string of the molecule is N#Cc1ccc(S(=O)(=O)Nc2ccccc2CO)cn1. The van der Waals surface area contributed by atoms with Gasteiger partial charge in [0.2, 0.25) is 0 Å². The van der Waals surface area contributed by atoms with Crippen molar-refractivity contribution < 1.29 is 13.5 Å². The zero-order valence-electron chi connectivity index (χ0n) is 10.3. The van der Waals surface area contributed by atoms with Gasteiger partial charge in [-0.3, -0.25) is 4.72 Å². The fourth-order valence-electron chi connectivity index (χ4n) is 1.57. The van der Waals surface area contributed by atoms with Crippen LogP contribution in [0.4, 0.5) is 5.69 Å². The summed E-state index contributed by atoms with van der Waals surface area (Å²) in [4.78, 5) is 3.67. The Morgan fingerprint density at radius 3 is 2.60 bits per heavy atom. The fourth-order valence-corrected chi connectivity index (χ4v) is 2.61. The summed E-state index contributed by atoms with van der Waals surface area (Å²) in [6, 6.07) is 11.0. The van der Waals surface area contributed by atoms with Gasteiger partial charge in [-0.2, -0.15) is 5.26 Å². The van der Waals surface area contributed by atoms with Crippen molar-refractivity contribution in [3.8, 4) is 6.07 Å². The number of sulfonamides is 1. The molecule has 0 aliphatic carbocycles. The Bertz CT molecular complexity index is 749. The average molecular weight is 289 g/mol. The van der Waals surface area contributed by atoms with Gasteiger partial charge in [0.1, 0.15) is 16.7 Å². The van der Waals surface area contributed by atoms with E-state index >= 15 is 0 Å². The first-order valence-corrected chi connectivity index (χ1v) is 7.13. The van der Waals surface area contributed by atoms with Gasteiger partial charge < -0.3 is 5.11 Å². The van der Waals surface area contributed by atoms with Gasteiger partial charge in [0, 0.05) is 11.8 Å². The molecule has 0 aliphatic heterocycles. The van der Waals surface area contributed by atoms with Crippen molar-refractivity contribution in [2.75, 3.05) is 4.72 Å². The second-order valence-electron chi connectivity index (χ2n) is 3.91. The number of aromatic nitrogens is 1. The van der Waals surface area contributed by atoms with E-state index in [1.54, 1.807) is 24.3 Å². The van der Waals surface area contributed by atoms with Gasteiger partial charge in [0.25, 0.3) is 10.0 Å². The van der Waals surface area contributed by atoms with Gasteiger partial charge in [0.15, 0.2) is 0 Å². The van der Waals surface area contributed by atoms with Crippen molar-refractivity contribution in [1.82, 2.24) is 4.98 Å². The third-order valence-corrected chi connectivity index (χ3v) is 3.94. The van der Waals surface area contributed by atoms with Crippen molar-refractivity contribution in [3.05, 3.63) is 53.9 Å². The molecule has 7 heteroatoms. The zero-order chi connectivity index (χ0) is 14.6. The van der Waals surface area contributed by atoms with E-state index in [0.717, 1.165) is 6.20 Å². The lowest BCUT2D eigenvalue weighted by Gasteiger charge is -2.10. The number of para-hydroxylation sites is 1. The molecule has 2 rings (SSSR count). The van der Waals surface area contributed by atoms with E-state index in [-0.39, 0.29) is 17.2 Å². The molecule has 2 aromatic rings. The van der Waals surface area contributed by atoms with Crippen LogP contribution in [0.5, 0.6) is 0 Å². The Morgan fingerprint density at radius 2 is 2.00 bits per heavy atom. The number of aliphatic hydroxyl groups is 1. The number of rotatable bonds is 4. The minimum Gasteiger partial charge on any atom is -0.392 e. The normalized spacial score (nSPS) is 10.8. The number of aliphatic hydroxyl groups excluding tert-OH is 1. The summed E-state index contributed by atoms with van der Waals surface area (Å²) in [5, 5.41) is 17.8. The van der Waals surface area contributed by atoms with E-state index in [0.29, 0.717) is 11.3 Å². The van der Waals surface area contributed by atoms with E-state index in [4.69, 9.17) is 5.26 Å². The van der Waals surface area contributed by atoms with Gasteiger partial charge in [-0.05, 0) is 18.2 Å². The van der Waals surface area contributed by atoms with Gasteiger partial charge in [-0.25, -0.2) is 13.4 Å². The first-order chi connectivity index (χ1) is 9.56. The molecule has 6 nitrogen and oxygen atoms in total. The van der Waals surface area contributed by atoms with Crippen molar-refractivity contribution in [2.24, 2.45) is 0 Å². The number of benzene rings is 1. The molecule has 1 aromatic carbocycles. The lowest BCUT2D eigenvalue weighted by atomic mass is 10.2. The van der Waals surface area contributed by atoms with E-state index in [1.807, 2.05) is 6.07 Å².